The lowest BCUT2D eigenvalue weighted by Gasteiger charge is -2.46. The van der Waals surface area contributed by atoms with Crippen molar-refractivity contribution in [2.45, 2.75) is 97.3 Å². The van der Waals surface area contributed by atoms with Crippen molar-refractivity contribution < 1.29 is 0 Å². The van der Waals surface area contributed by atoms with Crippen LogP contribution in [-0.2, 0) is 6.54 Å². The maximum atomic E-state index is 6.19. The van der Waals surface area contributed by atoms with E-state index in [2.05, 4.69) is 43.3 Å². The molecule has 0 aromatic carbocycles. The van der Waals surface area contributed by atoms with Crippen LogP contribution in [0.25, 0.3) is 0 Å². The number of rotatable bonds is 5. The molecule has 5 saturated carbocycles. The topological polar surface area (TPSA) is 17.8 Å². The van der Waals surface area contributed by atoms with Crippen molar-refractivity contribution >= 4 is 7.85 Å². The molecule has 1 heterocycles. The molecule has 166 valence electrons. The van der Waals surface area contributed by atoms with Gasteiger partial charge < -0.3 is 0 Å². The third kappa shape index (κ3) is 2.61. The predicted molar refractivity (Wildman–Crippen MR) is 128 cm³/mol. The fraction of sp³-hybridized carbons (Fsp3) is 0.821. The Kier molecular flexibility index (Phi) is 4.50. The Morgan fingerprint density at radius 2 is 1.97 bits per heavy atom. The van der Waals surface area contributed by atoms with Gasteiger partial charge in [-0.05, 0) is 116 Å². The van der Waals surface area contributed by atoms with E-state index in [0.717, 1.165) is 35.6 Å². The minimum absolute atomic E-state index is 0.374. The van der Waals surface area contributed by atoms with Crippen molar-refractivity contribution in [3.05, 3.63) is 30.1 Å². The zero-order valence-electron chi connectivity index (χ0n) is 20.1. The minimum Gasteiger partial charge on any atom is -0.268 e. The van der Waals surface area contributed by atoms with Gasteiger partial charge >= 0.3 is 0 Å². The second kappa shape index (κ2) is 6.77. The van der Waals surface area contributed by atoms with Crippen LogP contribution in [0.5, 0.6) is 0 Å². The van der Waals surface area contributed by atoms with Gasteiger partial charge in [0.2, 0.25) is 0 Å². The molecule has 5 aliphatic carbocycles. The standard InChI is InChI=1S/C28H41BN2/c1-18-15-30-31(16-18)17-19(2)23-5-6-24-26(23,4)10-9-25-27-11-7-21(13-20(3)29)14-22(27)8-12-28(24,25)27/h15-16,20-25H,2,5-14,17H2,1,3-4H3. The fourth-order valence-corrected chi connectivity index (χ4v) is 10.8. The molecule has 0 aliphatic heterocycles. The van der Waals surface area contributed by atoms with Crippen molar-refractivity contribution in [1.82, 2.24) is 9.78 Å². The van der Waals surface area contributed by atoms with Crippen molar-refractivity contribution in [2.75, 3.05) is 0 Å². The van der Waals surface area contributed by atoms with Gasteiger partial charge in [0, 0.05) is 6.20 Å². The van der Waals surface area contributed by atoms with E-state index in [1.165, 1.54) is 75.3 Å². The highest BCUT2D eigenvalue weighted by atomic mass is 15.3. The fourth-order valence-electron chi connectivity index (χ4n) is 10.8. The highest BCUT2D eigenvalue weighted by Crippen LogP contribution is 2.92. The first kappa shape index (κ1) is 20.6. The first-order chi connectivity index (χ1) is 14.8. The summed E-state index contributed by atoms with van der Waals surface area (Å²) in [5, 5.41) is 4.56. The maximum absolute atomic E-state index is 6.19. The van der Waals surface area contributed by atoms with E-state index >= 15 is 0 Å². The summed E-state index contributed by atoms with van der Waals surface area (Å²) in [6, 6.07) is 0. The van der Waals surface area contributed by atoms with E-state index in [1.807, 2.05) is 6.20 Å². The van der Waals surface area contributed by atoms with E-state index in [4.69, 9.17) is 7.85 Å². The molecule has 9 unspecified atom stereocenters. The van der Waals surface area contributed by atoms with Gasteiger partial charge in [0.1, 0.15) is 0 Å². The second-order valence-corrected chi connectivity index (χ2v) is 12.8. The molecular weight excluding hydrogens is 375 g/mol. The van der Waals surface area contributed by atoms with Crippen molar-refractivity contribution in [3.63, 3.8) is 0 Å². The Labute approximate surface area is 191 Å². The van der Waals surface area contributed by atoms with Gasteiger partial charge in [-0.15, -0.1) is 0 Å². The van der Waals surface area contributed by atoms with Crippen LogP contribution in [0.4, 0.5) is 0 Å². The molecule has 5 aliphatic rings. The summed E-state index contributed by atoms with van der Waals surface area (Å²) in [5.41, 5.74) is 4.57. The monoisotopic (exact) mass is 416 g/mol. The largest absolute Gasteiger partial charge is 0.268 e. The summed E-state index contributed by atoms with van der Waals surface area (Å²) in [5.74, 6) is 4.95. The highest BCUT2D eigenvalue weighted by Gasteiger charge is 2.85. The summed E-state index contributed by atoms with van der Waals surface area (Å²) in [6.07, 6.45) is 18.6. The first-order valence-electron chi connectivity index (χ1n) is 13.2. The van der Waals surface area contributed by atoms with Gasteiger partial charge in [0.25, 0.3) is 0 Å². The lowest BCUT2D eigenvalue weighted by molar-refractivity contribution is 0.0416. The number of fused-ring (bicyclic) bond motifs is 1. The zero-order valence-corrected chi connectivity index (χ0v) is 20.1. The van der Waals surface area contributed by atoms with E-state index in [1.54, 1.807) is 0 Å². The Bertz CT molecular complexity index is 887. The molecule has 6 rings (SSSR count). The van der Waals surface area contributed by atoms with E-state index in [0.29, 0.717) is 22.6 Å². The molecule has 3 heteroatoms. The molecule has 0 saturated heterocycles. The maximum Gasteiger partial charge on any atom is 0.0695 e. The molecule has 0 bridgehead atoms. The van der Waals surface area contributed by atoms with Gasteiger partial charge in [-0.25, -0.2) is 0 Å². The predicted octanol–water partition coefficient (Wildman–Crippen LogP) is 6.75. The summed E-state index contributed by atoms with van der Waals surface area (Å²) in [6.45, 7) is 12.6. The SMILES string of the molecule is [B]C(C)CC1CCC23C(CCC24C2CCC(C(=C)Cn5cc(C)cn5)C2(C)CCC34)C1. The molecule has 2 radical (unpaired) electrons. The molecule has 1 aromatic heterocycles. The lowest BCUT2D eigenvalue weighted by atomic mass is 9.59. The quantitative estimate of drug-likeness (QED) is 0.383. The highest BCUT2D eigenvalue weighted by molar-refractivity contribution is 6.11. The van der Waals surface area contributed by atoms with Crippen LogP contribution >= 0.6 is 0 Å². The van der Waals surface area contributed by atoms with Gasteiger partial charge in [-0.1, -0.05) is 38.2 Å². The van der Waals surface area contributed by atoms with Gasteiger partial charge in [-0.2, -0.15) is 5.10 Å². The number of aryl methyl sites for hydroxylation is 1. The number of hydrogen-bond donors (Lipinski definition) is 0. The minimum atomic E-state index is 0.374. The summed E-state index contributed by atoms with van der Waals surface area (Å²) < 4.78 is 2.11. The van der Waals surface area contributed by atoms with Crippen LogP contribution < -0.4 is 0 Å². The van der Waals surface area contributed by atoms with E-state index in [-0.39, 0.29) is 0 Å². The molecule has 0 amide bonds. The van der Waals surface area contributed by atoms with Crippen LogP contribution in [0.3, 0.4) is 0 Å². The van der Waals surface area contributed by atoms with Crippen molar-refractivity contribution in [2.24, 2.45) is 45.8 Å². The molecule has 9 atom stereocenters. The molecule has 5 fully saturated rings. The van der Waals surface area contributed by atoms with E-state index in [9.17, 15) is 0 Å². The van der Waals surface area contributed by atoms with Crippen molar-refractivity contribution in [3.8, 4) is 0 Å². The Morgan fingerprint density at radius 1 is 1.16 bits per heavy atom. The van der Waals surface area contributed by atoms with Crippen LogP contribution in [0, 0.1) is 52.8 Å². The molecule has 2 nitrogen and oxygen atoms in total. The Hall–Kier alpha value is -0.985. The van der Waals surface area contributed by atoms with Gasteiger partial charge in [0.15, 0.2) is 0 Å². The number of allylic oxidation sites excluding steroid dienone is 1. The third-order valence-electron chi connectivity index (χ3n) is 11.5. The Morgan fingerprint density at radius 3 is 2.71 bits per heavy atom. The van der Waals surface area contributed by atoms with Gasteiger partial charge in [0.05, 0.1) is 20.6 Å². The van der Waals surface area contributed by atoms with E-state index < -0.39 is 0 Å². The zero-order chi connectivity index (χ0) is 21.6. The summed E-state index contributed by atoms with van der Waals surface area (Å²) in [4.78, 5) is 0. The average Bonchev–Trinajstić information content (AvgIpc) is 3.09. The smallest absolute Gasteiger partial charge is 0.0695 e. The second-order valence-electron chi connectivity index (χ2n) is 12.8. The molecular formula is C28H41BN2. The van der Waals surface area contributed by atoms with Crippen LogP contribution in [0.1, 0.15) is 83.6 Å². The number of nitrogens with zero attached hydrogens (tertiary/aromatic N) is 2. The van der Waals surface area contributed by atoms with Crippen molar-refractivity contribution in [1.29, 1.82) is 0 Å². The first-order valence-corrected chi connectivity index (χ1v) is 13.2. The summed E-state index contributed by atoms with van der Waals surface area (Å²) in [7, 11) is 6.19. The molecule has 1 aromatic rings. The van der Waals surface area contributed by atoms with Gasteiger partial charge in [-0.3, -0.25) is 4.68 Å². The third-order valence-corrected chi connectivity index (χ3v) is 11.5. The number of aromatic nitrogens is 2. The molecule has 0 N–H and O–H groups in total. The van der Waals surface area contributed by atoms with Crippen LogP contribution in [-0.4, -0.2) is 17.6 Å². The Balaban J connectivity index is 1.23. The van der Waals surface area contributed by atoms with Crippen LogP contribution in [0.2, 0.25) is 5.82 Å². The van der Waals surface area contributed by atoms with Crippen LogP contribution in [0.15, 0.2) is 24.5 Å². The molecule has 31 heavy (non-hydrogen) atoms. The summed E-state index contributed by atoms with van der Waals surface area (Å²) >= 11 is 0. The molecule has 2 spiro atoms. The average molecular weight is 416 g/mol. The normalized spacial score (nSPS) is 48.4. The number of hydrogen-bond acceptors (Lipinski definition) is 1. The lowest BCUT2D eigenvalue weighted by Crippen LogP contribution is -2.39.